The molecule has 0 aromatic carbocycles. The molecule has 6 nitrogen and oxygen atoms in total. The second-order valence-corrected chi connectivity index (χ2v) is 4.73. The lowest BCUT2D eigenvalue weighted by molar-refractivity contribution is 0.102. The van der Waals surface area contributed by atoms with Crippen LogP contribution in [0.1, 0.15) is 30.4 Å². The largest absolute Gasteiger partial charge is 0.384 e. The first-order valence-electron chi connectivity index (χ1n) is 5.75. The van der Waals surface area contributed by atoms with Crippen molar-refractivity contribution in [1.82, 2.24) is 14.8 Å². The molecule has 0 radical (unpaired) electrons. The first-order chi connectivity index (χ1) is 8.97. The van der Waals surface area contributed by atoms with Crippen LogP contribution in [-0.2, 0) is 0 Å². The molecule has 100 valence electrons. The highest BCUT2D eigenvalue weighted by molar-refractivity contribution is 6.34. The van der Waals surface area contributed by atoms with E-state index in [1.165, 1.54) is 12.1 Å². The highest BCUT2D eigenvalue weighted by Crippen LogP contribution is 2.17. The Hall–Kier alpha value is -2.08. The van der Waals surface area contributed by atoms with Crippen molar-refractivity contribution in [3.05, 3.63) is 35.2 Å². The van der Waals surface area contributed by atoms with E-state index in [4.69, 9.17) is 17.3 Å². The number of amides is 1. The summed E-state index contributed by atoms with van der Waals surface area (Å²) < 4.78 is 1.74. The number of hydrogen-bond donors (Lipinski definition) is 2. The molecule has 19 heavy (non-hydrogen) atoms. The number of carbonyl (C=O) groups excluding carboxylic acids is 1. The normalized spacial score (nSPS) is 10.7. The van der Waals surface area contributed by atoms with Gasteiger partial charge in [0, 0.05) is 12.2 Å². The van der Waals surface area contributed by atoms with Gasteiger partial charge in [0.25, 0.3) is 5.91 Å². The van der Waals surface area contributed by atoms with Gasteiger partial charge < -0.3 is 11.1 Å². The summed E-state index contributed by atoms with van der Waals surface area (Å²) in [6, 6.07) is 3.30. The first-order valence-corrected chi connectivity index (χ1v) is 6.12. The minimum Gasteiger partial charge on any atom is -0.384 e. The van der Waals surface area contributed by atoms with Crippen LogP contribution in [-0.4, -0.2) is 20.7 Å². The number of hydrogen-bond acceptors (Lipinski definition) is 4. The number of carbonyl (C=O) groups is 1. The van der Waals surface area contributed by atoms with Crippen molar-refractivity contribution < 1.29 is 4.79 Å². The van der Waals surface area contributed by atoms with Crippen molar-refractivity contribution in [2.45, 2.75) is 19.9 Å². The van der Waals surface area contributed by atoms with Gasteiger partial charge in [-0.2, -0.15) is 5.10 Å². The summed E-state index contributed by atoms with van der Waals surface area (Å²) in [7, 11) is 0. The zero-order valence-electron chi connectivity index (χ0n) is 10.6. The molecule has 2 aromatic rings. The zero-order chi connectivity index (χ0) is 14.0. The molecule has 0 aliphatic heterocycles. The molecule has 2 rings (SSSR count). The number of anilines is 2. The van der Waals surface area contributed by atoms with Crippen molar-refractivity contribution in [2.75, 3.05) is 11.1 Å². The smallest absolute Gasteiger partial charge is 0.275 e. The van der Waals surface area contributed by atoms with E-state index in [-0.39, 0.29) is 22.6 Å². The van der Waals surface area contributed by atoms with E-state index in [9.17, 15) is 4.79 Å². The lowest BCUT2D eigenvalue weighted by Crippen LogP contribution is -2.14. The van der Waals surface area contributed by atoms with Crippen molar-refractivity contribution in [1.29, 1.82) is 0 Å². The molecule has 0 saturated heterocycles. The van der Waals surface area contributed by atoms with Crippen LogP contribution < -0.4 is 11.1 Å². The fraction of sp³-hybridized carbons (Fsp3) is 0.250. The van der Waals surface area contributed by atoms with E-state index in [0.717, 1.165) is 0 Å². The Bertz CT molecular complexity index is 608. The number of aromatic nitrogens is 3. The molecule has 0 unspecified atom stereocenters. The van der Waals surface area contributed by atoms with E-state index < -0.39 is 5.91 Å². The molecule has 3 N–H and O–H groups in total. The molecule has 0 spiro atoms. The van der Waals surface area contributed by atoms with Gasteiger partial charge in [-0.1, -0.05) is 11.6 Å². The molecule has 0 atom stereocenters. The summed E-state index contributed by atoms with van der Waals surface area (Å²) in [6.45, 7) is 3.99. The van der Waals surface area contributed by atoms with Crippen molar-refractivity contribution in [2.24, 2.45) is 0 Å². The van der Waals surface area contributed by atoms with Crippen molar-refractivity contribution in [3.63, 3.8) is 0 Å². The highest BCUT2D eigenvalue weighted by atomic mass is 35.5. The van der Waals surface area contributed by atoms with Gasteiger partial charge in [0.1, 0.15) is 11.5 Å². The molecule has 2 aromatic heterocycles. The number of nitrogen functional groups attached to an aromatic ring is 1. The highest BCUT2D eigenvalue weighted by Gasteiger charge is 2.14. The maximum absolute atomic E-state index is 12.0. The number of halogens is 1. The predicted molar refractivity (Wildman–Crippen MR) is 74.2 cm³/mol. The standard InChI is InChI=1S/C12H14ClN5O/c1-7(2)18-6-8(5-15-18)16-12(19)11-9(13)3-4-10(14)17-11/h3-7H,1-2H3,(H2,14,17)(H,16,19). The SMILES string of the molecule is CC(C)n1cc(NC(=O)c2nc(N)ccc2Cl)cn1. The van der Waals surface area contributed by atoms with E-state index in [1.807, 2.05) is 13.8 Å². The topological polar surface area (TPSA) is 85.8 Å². The quantitative estimate of drug-likeness (QED) is 0.903. The van der Waals surface area contributed by atoms with Gasteiger partial charge >= 0.3 is 0 Å². The van der Waals surface area contributed by atoms with Crippen LogP contribution in [0, 0.1) is 0 Å². The predicted octanol–water partition coefficient (Wildman–Crippen LogP) is 2.35. The molecule has 0 saturated carbocycles. The third kappa shape index (κ3) is 3.03. The van der Waals surface area contributed by atoms with Crippen LogP contribution in [0.3, 0.4) is 0 Å². The number of nitrogens with zero attached hydrogens (tertiary/aromatic N) is 3. The van der Waals surface area contributed by atoms with Gasteiger partial charge in [-0.15, -0.1) is 0 Å². The zero-order valence-corrected chi connectivity index (χ0v) is 11.3. The van der Waals surface area contributed by atoms with Crippen LogP contribution in [0.25, 0.3) is 0 Å². The van der Waals surface area contributed by atoms with Crippen LogP contribution in [0.15, 0.2) is 24.5 Å². The van der Waals surface area contributed by atoms with Crippen LogP contribution in [0.5, 0.6) is 0 Å². The summed E-state index contributed by atoms with van der Waals surface area (Å²) in [5, 5.41) is 7.06. The molecule has 7 heteroatoms. The van der Waals surface area contributed by atoms with Crippen molar-refractivity contribution in [3.8, 4) is 0 Å². The first kappa shape index (κ1) is 13.4. The van der Waals surface area contributed by atoms with E-state index in [0.29, 0.717) is 5.69 Å². The average molecular weight is 280 g/mol. The van der Waals surface area contributed by atoms with E-state index in [2.05, 4.69) is 15.4 Å². The molecule has 0 bridgehead atoms. The number of pyridine rings is 1. The van der Waals surface area contributed by atoms with Crippen LogP contribution in [0.2, 0.25) is 5.02 Å². The van der Waals surface area contributed by atoms with E-state index in [1.54, 1.807) is 17.1 Å². The third-order valence-corrected chi connectivity index (χ3v) is 2.78. The summed E-state index contributed by atoms with van der Waals surface area (Å²) in [5.74, 6) is -0.173. The molecule has 0 aliphatic carbocycles. The number of rotatable bonds is 3. The number of nitrogens with one attached hydrogen (secondary N) is 1. The molecule has 2 heterocycles. The fourth-order valence-electron chi connectivity index (χ4n) is 1.49. The lowest BCUT2D eigenvalue weighted by atomic mass is 10.3. The summed E-state index contributed by atoms with van der Waals surface area (Å²) in [4.78, 5) is 15.9. The maximum atomic E-state index is 12.0. The molecular weight excluding hydrogens is 266 g/mol. The van der Waals surface area contributed by atoms with Gasteiger partial charge in [-0.25, -0.2) is 4.98 Å². The monoisotopic (exact) mass is 279 g/mol. The molecule has 1 amide bonds. The van der Waals surface area contributed by atoms with Gasteiger partial charge in [0.15, 0.2) is 0 Å². The third-order valence-electron chi connectivity index (χ3n) is 2.47. The maximum Gasteiger partial charge on any atom is 0.275 e. The second kappa shape index (κ2) is 5.27. The Morgan fingerprint density at radius 1 is 1.47 bits per heavy atom. The summed E-state index contributed by atoms with van der Waals surface area (Å²) in [6.07, 6.45) is 3.31. The second-order valence-electron chi connectivity index (χ2n) is 4.32. The summed E-state index contributed by atoms with van der Waals surface area (Å²) in [5.41, 5.74) is 6.21. The summed E-state index contributed by atoms with van der Waals surface area (Å²) >= 11 is 5.91. The van der Waals surface area contributed by atoms with Crippen LogP contribution >= 0.6 is 11.6 Å². The Kier molecular flexibility index (Phi) is 3.71. The minimum absolute atomic E-state index is 0.0963. The Labute approximate surface area is 115 Å². The lowest BCUT2D eigenvalue weighted by Gasteiger charge is -2.05. The molecule has 0 aliphatic rings. The number of nitrogens with two attached hydrogens (primary N) is 1. The Morgan fingerprint density at radius 2 is 2.21 bits per heavy atom. The minimum atomic E-state index is -0.416. The van der Waals surface area contributed by atoms with Crippen molar-refractivity contribution >= 4 is 29.0 Å². The van der Waals surface area contributed by atoms with Gasteiger partial charge in [0.2, 0.25) is 0 Å². The molecular formula is C12H14ClN5O. The van der Waals surface area contributed by atoms with Gasteiger partial charge in [0.05, 0.1) is 16.9 Å². The Balaban J connectivity index is 2.18. The van der Waals surface area contributed by atoms with E-state index >= 15 is 0 Å². The fourth-order valence-corrected chi connectivity index (χ4v) is 1.68. The Morgan fingerprint density at radius 3 is 2.84 bits per heavy atom. The average Bonchev–Trinajstić information content (AvgIpc) is 2.80. The molecule has 0 fully saturated rings. The van der Waals surface area contributed by atoms with Gasteiger partial charge in [-0.05, 0) is 26.0 Å². The van der Waals surface area contributed by atoms with Crippen LogP contribution in [0.4, 0.5) is 11.5 Å². The van der Waals surface area contributed by atoms with Gasteiger partial charge in [-0.3, -0.25) is 9.48 Å².